The quantitative estimate of drug-likeness (QED) is 0.358. The number of nitrogens with one attached hydrogen (secondary N) is 1. The summed E-state index contributed by atoms with van der Waals surface area (Å²) in [6.07, 6.45) is 0.305. The molecule has 0 saturated heterocycles. The van der Waals surface area contributed by atoms with Crippen molar-refractivity contribution in [3.63, 3.8) is 0 Å². The number of carbonyl (C=O) groups is 2. The first-order valence-electron chi connectivity index (χ1n) is 12.2. The van der Waals surface area contributed by atoms with E-state index in [1.807, 2.05) is 13.8 Å². The van der Waals surface area contributed by atoms with E-state index in [-0.39, 0.29) is 29.1 Å². The Bertz CT molecular complexity index is 1330. The van der Waals surface area contributed by atoms with Gasteiger partial charge in [-0.1, -0.05) is 48.9 Å². The van der Waals surface area contributed by atoms with Crippen molar-refractivity contribution >= 4 is 39.1 Å². The summed E-state index contributed by atoms with van der Waals surface area (Å²) in [5, 5.41) is 3.36. The van der Waals surface area contributed by atoms with Crippen LogP contribution in [0.2, 0.25) is 5.02 Å². The summed E-state index contributed by atoms with van der Waals surface area (Å²) < 4.78 is 41.9. The first-order valence-corrected chi connectivity index (χ1v) is 14.0. The average molecular weight is 560 g/mol. The van der Waals surface area contributed by atoms with E-state index < -0.39 is 34.3 Å². The van der Waals surface area contributed by atoms with E-state index in [1.165, 1.54) is 29.2 Å². The zero-order chi connectivity index (χ0) is 27.9. The Morgan fingerprint density at radius 3 is 2.11 bits per heavy atom. The third-order valence-corrected chi connectivity index (χ3v) is 7.85. The van der Waals surface area contributed by atoms with Gasteiger partial charge in [-0.3, -0.25) is 13.9 Å². The van der Waals surface area contributed by atoms with Gasteiger partial charge in [0.2, 0.25) is 11.8 Å². The summed E-state index contributed by atoms with van der Waals surface area (Å²) in [6, 6.07) is 18.4. The first-order chi connectivity index (χ1) is 18.0. The molecule has 0 saturated carbocycles. The molecule has 3 aromatic carbocycles. The Labute approximate surface area is 228 Å². The van der Waals surface area contributed by atoms with Crippen molar-refractivity contribution in [2.45, 2.75) is 50.7 Å². The van der Waals surface area contributed by atoms with Crippen molar-refractivity contribution < 1.29 is 22.4 Å². The van der Waals surface area contributed by atoms with E-state index in [0.29, 0.717) is 11.4 Å². The maximum atomic E-state index is 13.9. The molecule has 1 unspecified atom stereocenters. The second-order valence-corrected chi connectivity index (χ2v) is 11.3. The lowest BCUT2D eigenvalue weighted by atomic mass is 10.1. The van der Waals surface area contributed by atoms with Crippen molar-refractivity contribution in [3.05, 3.63) is 95.3 Å². The van der Waals surface area contributed by atoms with Gasteiger partial charge in [0.1, 0.15) is 18.4 Å². The number of nitrogens with zero attached hydrogens (tertiary/aromatic N) is 2. The van der Waals surface area contributed by atoms with E-state index in [9.17, 15) is 22.4 Å². The standard InChI is InChI=1S/C28H31ClFN3O4S/c1-4-26(28(35)31-20(2)3)32(18-21-10-12-22(29)13-11-21)27(34)19-33(24-16-14-23(30)15-17-24)38(36,37)25-8-6-5-7-9-25/h5-17,20,26H,4,18-19H2,1-3H3,(H,31,35). The highest BCUT2D eigenvalue weighted by atomic mass is 35.5. The van der Waals surface area contributed by atoms with Gasteiger partial charge in [0.25, 0.3) is 10.0 Å². The molecule has 0 heterocycles. The molecular formula is C28H31ClFN3O4S. The van der Waals surface area contributed by atoms with Crippen LogP contribution in [-0.2, 0) is 26.2 Å². The second kappa shape index (κ2) is 12.9. The predicted molar refractivity (Wildman–Crippen MR) is 147 cm³/mol. The lowest BCUT2D eigenvalue weighted by Crippen LogP contribution is -2.53. The van der Waals surface area contributed by atoms with E-state index >= 15 is 0 Å². The zero-order valence-electron chi connectivity index (χ0n) is 21.5. The number of hydrogen-bond donors (Lipinski definition) is 1. The number of anilines is 1. The molecule has 38 heavy (non-hydrogen) atoms. The third kappa shape index (κ3) is 7.33. The van der Waals surface area contributed by atoms with Crippen molar-refractivity contribution in [1.29, 1.82) is 0 Å². The maximum Gasteiger partial charge on any atom is 0.264 e. The number of benzene rings is 3. The van der Waals surface area contributed by atoms with Crippen LogP contribution >= 0.6 is 11.6 Å². The normalized spacial score (nSPS) is 12.2. The van der Waals surface area contributed by atoms with Crippen molar-refractivity contribution in [3.8, 4) is 0 Å². The van der Waals surface area contributed by atoms with Gasteiger partial charge in [-0.2, -0.15) is 0 Å². The van der Waals surface area contributed by atoms with Crippen molar-refractivity contribution in [1.82, 2.24) is 10.2 Å². The summed E-state index contributed by atoms with van der Waals surface area (Å²) in [4.78, 5) is 28.3. The summed E-state index contributed by atoms with van der Waals surface area (Å²) in [5.41, 5.74) is 0.840. The van der Waals surface area contributed by atoms with Gasteiger partial charge in [0.05, 0.1) is 10.6 Å². The largest absolute Gasteiger partial charge is 0.352 e. The minimum atomic E-state index is -4.20. The molecule has 2 amide bonds. The van der Waals surface area contributed by atoms with Gasteiger partial charge >= 0.3 is 0 Å². The molecule has 0 aliphatic carbocycles. The molecule has 0 bridgehead atoms. The molecule has 3 rings (SSSR count). The molecule has 1 N–H and O–H groups in total. The molecule has 0 radical (unpaired) electrons. The second-order valence-electron chi connectivity index (χ2n) is 9.04. The lowest BCUT2D eigenvalue weighted by Gasteiger charge is -2.33. The van der Waals surface area contributed by atoms with E-state index in [1.54, 1.807) is 49.4 Å². The van der Waals surface area contributed by atoms with E-state index in [4.69, 9.17) is 11.6 Å². The van der Waals surface area contributed by atoms with Crippen LogP contribution in [0.1, 0.15) is 32.8 Å². The van der Waals surface area contributed by atoms with E-state index in [2.05, 4.69) is 5.32 Å². The Kier molecular flexibility index (Phi) is 9.88. The number of amides is 2. The number of carbonyl (C=O) groups excluding carboxylic acids is 2. The summed E-state index contributed by atoms with van der Waals surface area (Å²) in [6.45, 7) is 4.88. The maximum absolute atomic E-state index is 13.9. The van der Waals surface area contributed by atoms with Crippen molar-refractivity contribution in [2.75, 3.05) is 10.8 Å². The van der Waals surface area contributed by atoms with Gasteiger partial charge in [-0.25, -0.2) is 12.8 Å². The van der Waals surface area contributed by atoms with Crippen LogP contribution in [0.25, 0.3) is 0 Å². The monoisotopic (exact) mass is 559 g/mol. The van der Waals surface area contributed by atoms with Gasteiger partial charge in [0, 0.05) is 17.6 Å². The van der Waals surface area contributed by atoms with Crippen LogP contribution < -0.4 is 9.62 Å². The highest BCUT2D eigenvalue weighted by Gasteiger charge is 2.33. The molecule has 0 aliphatic rings. The minimum absolute atomic E-state index is 0.0223. The molecule has 10 heteroatoms. The molecule has 7 nitrogen and oxygen atoms in total. The highest BCUT2D eigenvalue weighted by molar-refractivity contribution is 7.92. The zero-order valence-corrected chi connectivity index (χ0v) is 23.0. The Morgan fingerprint density at radius 1 is 0.947 bits per heavy atom. The van der Waals surface area contributed by atoms with Crippen LogP contribution in [0.4, 0.5) is 10.1 Å². The van der Waals surface area contributed by atoms with Gasteiger partial charge in [-0.15, -0.1) is 0 Å². The number of sulfonamides is 1. The summed E-state index contributed by atoms with van der Waals surface area (Å²) >= 11 is 6.02. The summed E-state index contributed by atoms with van der Waals surface area (Å²) in [5.74, 6) is -1.48. The number of hydrogen-bond acceptors (Lipinski definition) is 4. The van der Waals surface area contributed by atoms with Crippen LogP contribution in [-0.4, -0.2) is 43.8 Å². The Hall–Kier alpha value is -3.43. The van der Waals surface area contributed by atoms with Crippen LogP contribution in [0.5, 0.6) is 0 Å². The molecule has 3 aromatic rings. The molecule has 0 aliphatic heterocycles. The number of rotatable bonds is 11. The average Bonchev–Trinajstić information content (AvgIpc) is 2.89. The number of halogens is 2. The van der Waals surface area contributed by atoms with E-state index in [0.717, 1.165) is 22.0 Å². The Balaban J connectivity index is 2.04. The topological polar surface area (TPSA) is 86.8 Å². The predicted octanol–water partition coefficient (Wildman–Crippen LogP) is 5.01. The SMILES string of the molecule is CCC(C(=O)NC(C)C)N(Cc1ccc(Cl)cc1)C(=O)CN(c1ccc(F)cc1)S(=O)(=O)c1ccccc1. The van der Waals surface area contributed by atoms with Crippen LogP contribution in [0.15, 0.2) is 83.8 Å². The molecule has 0 fully saturated rings. The van der Waals surface area contributed by atoms with Gasteiger partial charge in [-0.05, 0) is 74.4 Å². The van der Waals surface area contributed by atoms with Gasteiger partial charge in [0.15, 0.2) is 0 Å². The fraction of sp³-hybridized carbons (Fsp3) is 0.286. The smallest absolute Gasteiger partial charge is 0.264 e. The molecule has 1 atom stereocenters. The highest BCUT2D eigenvalue weighted by Crippen LogP contribution is 2.25. The summed E-state index contributed by atoms with van der Waals surface area (Å²) in [7, 11) is -4.20. The lowest BCUT2D eigenvalue weighted by molar-refractivity contribution is -0.140. The minimum Gasteiger partial charge on any atom is -0.352 e. The van der Waals surface area contributed by atoms with Gasteiger partial charge < -0.3 is 10.2 Å². The Morgan fingerprint density at radius 2 is 1.55 bits per heavy atom. The molecular weight excluding hydrogens is 529 g/mol. The fourth-order valence-electron chi connectivity index (χ4n) is 3.94. The first kappa shape index (κ1) is 29.1. The third-order valence-electron chi connectivity index (χ3n) is 5.81. The van der Waals surface area contributed by atoms with Crippen LogP contribution in [0, 0.1) is 5.82 Å². The van der Waals surface area contributed by atoms with Crippen LogP contribution in [0.3, 0.4) is 0 Å². The van der Waals surface area contributed by atoms with Crippen molar-refractivity contribution in [2.24, 2.45) is 0 Å². The fourth-order valence-corrected chi connectivity index (χ4v) is 5.50. The molecule has 0 spiro atoms. The molecule has 202 valence electrons. The molecule has 0 aromatic heterocycles.